The molecule has 1 fully saturated rings. The third-order valence-corrected chi connectivity index (χ3v) is 9.13. The second kappa shape index (κ2) is 17.9. The number of carbonyl (C=O) groups excluding carboxylic acids is 5. The lowest BCUT2D eigenvalue weighted by Crippen LogP contribution is -2.59. The molecule has 0 aromatic rings. The van der Waals surface area contributed by atoms with Crippen molar-refractivity contribution in [3.8, 4) is 0 Å². The summed E-state index contributed by atoms with van der Waals surface area (Å²) in [6.07, 6.45) is 4.87. The first-order chi connectivity index (χ1) is 20.7. The summed E-state index contributed by atoms with van der Waals surface area (Å²) in [7, 11) is -1.92. The lowest BCUT2D eigenvalue weighted by molar-refractivity contribution is -0.160. The van der Waals surface area contributed by atoms with Gasteiger partial charge in [-0.05, 0) is 51.5 Å². The van der Waals surface area contributed by atoms with E-state index in [0.717, 1.165) is 32.1 Å². The first-order valence-electron chi connectivity index (χ1n) is 16.5. The van der Waals surface area contributed by atoms with Crippen LogP contribution in [0.1, 0.15) is 99.3 Å². The van der Waals surface area contributed by atoms with Gasteiger partial charge in [-0.1, -0.05) is 85.4 Å². The summed E-state index contributed by atoms with van der Waals surface area (Å²) in [6.45, 7) is 16.6. The van der Waals surface area contributed by atoms with Crippen molar-refractivity contribution in [1.29, 1.82) is 0 Å². The minimum atomic E-state index is -4.34. The summed E-state index contributed by atoms with van der Waals surface area (Å²) in [4.78, 5) is 65.4. The third-order valence-electron chi connectivity index (χ3n) is 7.50. The number of rotatable bonds is 17. The van der Waals surface area contributed by atoms with Gasteiger partial charge >= 0.3 is 12.0 Å². The number of amides is 4. The Balaban J connectivity index is 3.26. The quantitative estimate of drug-likeness (QED) is 0.123. The van der Waals surface area contributed by atoms with E-state index in [1.54, 1.807) is 34.6 Å². The van der Waals surface area contributed by atoms with Crippen LogP contribution in [0.2, 0.25) is 25.7 Å². The van der Waals surface area contributed by atoms with E-state index in [2.05, 4.69) is 21.3 Å². The molecule has 1 rings (SSSR count). The molecule has 4 amide bonds. The van der Waals surface area contributed by atoms with Crippen LogP contribution in [0.15, 0.2) is 0 Å². The van der Waals surface area contributed by atoms with E-state index < -0.39 is 67.3 Å². The third kappa shape index (κ3) is 15.5. The van der Waals surface area contributed by atoms with E-state index in [1.807, 2.05) is 26.6 Å². The molecule has 0 spiro atoms. The van der Waals surface area contributed by atoms with Crippen LogP contribution in [-0.4, -0.2) is 73.9 Å². The summed E-state index contributed by atoms with van der Waals surface area (Å²) in [5, 5.41) is 9.96. The lowest BCUT2D eigenvalue weighted by Gasteiger charge is -2.31. The zero-order chi connectivity index (χ0) is 34.6. The van der Waals surface area contributed by atoms with Crippen molar-refractivity contribution in [1.82, 2.24) is 21.3 Å². The van der Waals surface area contributed by atoms with Gasteiger partial charge in [0.05, 0.1) is 6.04 Å². The maximum atomic E-state index is 15.2. The number of alkyl halides is 2. The molecule has 10 nitrogen and oxygen atoms in total. The van der Waals surface area contributed by atoms with Gasteiger partial charge < -0.3 is 26.0 Å². The van der Waals surface area contributed by atoms with Crippen molar-refractivity contribution in [2.24, 2.45) is 11.8 Å². The Labute approximate surface area is 269 Å². The molecule has 1 aliphatic rings. The fourth-order valence-corrected chi connectivity index (χ4v) is 6.73. The van der Waals surface area contributed by atoms with Crippen molar-refractivity contribution in [3.63, 3.8) is 0 Å². The van der Waals surface area contributed by atoms with Crippen LogP contribution in [0, 0.1) is 11.8 Å². The second-order valence-corrected chi connectivity index (χ2v) is 20.5. The number of hydrogen-bond acceptors (Lipinski definition) is 6. The number of carbonyl (C=O) groups is 5. The van der Waals surface area contributed by atoms with Gasteiger partial charge in [-0.2, -0.15) is 8.78 Å². The molecule has 1 aliphatic carbocycles. The fourth-order valence-electron chi connectivity index (χ4n) is 5.22. The normalized spacial score (nSPS) is 16.7. The number of ether oxygens (including phenoxy) is 1. The average molecular weight is 661 g/mol. The molecule has 0 bridgehead atoms. The molecule has 0 radical (unpaired) electrons. The summed E-state index contributed by atoms with van der Waals surface area (Å²) >= 11 is 0. The SMILES string of the molecule is CCCCC(NC(=O)C(C[Si](C)(C)C)NC(=O)OC(C)(C)C)C(=O)NC(CC1CCCCC1)C(=O)C(F)(F)C(=O)NCC(C)C. The molecule has 4 N–H and O–H groups in total. The fraction of sp³-hybridized carbons (Fsp3) is 0.844. The zero-order valence-electron chi connectivity index (χ0n) is 28.9. The summed E-state index contributed by atoms with van der Waals surface area (Å²) in [6, 6.07) is -3.39. The molecule has 0 aromatic carbocycles. The molecule has 13 heteroatoms. The first kappa shape index (κ1) is 40.5. The van der Waals surface area contributed by atoms with E-state index in [4.69, 9.17) is 4.74 Å². The van der Waals surface area contributed by atoms with Crippen LogP contribution in [-0.2, 0) is 23.9 Å². The minimum Gasteiger partial charge on any atom is -0.444 e. The Kier molecular flexibility index (Phi) is 16.1. The van der Waals surface area contributed by atoms with Crippen molar-refractivity contribution < 1.29 is 37.5 Å². The zero-order valence-corrected chi connectivity index (χ0v) is 29.9. The molecule has 260 valence electrons. The number of alkyl carbamates (subject to hydrolysis) is 1. The number of ketones is 1. The summed E-state index contributed by atoms with van der Waals surface area (Å²) in [5.74, 6) is -9.25. The minimum absolute atomic E-state index is 0.0233. The molecular formula is C32H58F2N4O6Si. The van der Waals surface area contributed by atoms with E-state index in [0.29, 0.717) is 18.9 Å². The van der Waals surface area contributed by atoms with Crippen molar-refractivity contribution in [2.75, 3.05) is 6.54 Å². The van der Waals surface area contributed by atoms with E-state index in [9.17, 15) is 24.0 Å². The van der Waals surface area contributed by atoms with Gasteiger partial charge in [0.2, 0.25) is 17.6 Å². The Hall–Kier alpha value is -2.57. The highest BCUT2D eigenvalue weighted by Crippen LogP contribution is 2.30. The van der Waals surface area contributed by atoms with Crippen LogP contribution >= 0.6 is 0 Å². The molecule has 3 unspecified atom stereocenters. The largest absolute Gasteiger partial charge is 0.444 e. The van der Waals surface area contributed by atoms with E-state index in [-0.39, 0.29) is 31.2 Å². The van der Waals surface area contributed by atoms with Gasteiger partial charge in [0.15, 0.2) is 0 Å². The molecule has 0 heterocycles. The number of halogens is 2. The van der Waals surface area contributed by atoms with Crippen molar-refractivity contribution in [3.05, 3.63) is 0 Å². The molecule has 1 saturated carbocycles. The topological polar surface area (TPSA) is 143 Å². The molecular weight excluding hydrogens is 602 g/mol. The van der Waals surface area contributed by atoms with Crippen LogP contribution in [0.25, 0.3) is 0 Å². The number of unbranched alkanes of at least 4 members (excludes halogenated alkanes) is 1. The Morgan fingerprint density at radius 3 is 1.93 bits per heavy atom. The predicted octanol–water partition coefficient (Wildman–Crippen LogP) is 5.32. The standard InChI is InChI=1S/C32H58F2N4O6Si/c1-10-11-17-23(36-28(41)25(20-45(7,8)9)38-30(43)44-31(4,5)6)27(40)37-24(18-22-15-13-12-14-16-22)26(39)32(33,34)29(42)35-19-21(2)3/h21-25H,10-20H2,1-9H3,(H,35,42)(H,36,41)(H,37,40)(H,38,43). The highest BCUT2D eigenvalue weighted by Gasteiger charge is 2.51. The maximum absolute atomic E-state index is 15.2. The number of hydrogen-bond donors (Lipinski definition) is 4. The monoisotopic (exact) mass is 660 g/mol. The van der Waals surface area contributed by atoms with Gasteiger partial charge in [-0.25, -0.2) is 4.79 Å². The molecule has 0 saturated heterocycles. The van der Waals surface area contributed by atoms with Gasteiger partial charge in [0, 0.05) is 14.6 Å². The number of nitrogens with one attached hydrogen (secondary N) is 4. The van der Waals surface area contributed by atoms with Gasteiger partial charge in [0.25, 0.3) is 5.91 Å². The van der Waals surface area contributed by atoms with Crippen LogP contribution in [0.3, 0.4) is 0 Å². The van der Waals surface area contributed by atoms with E-state index >= 15 is 8.78 Å². The van der Waals surface area contributed by atoms with Crippen LogP contribution < -0.4 is 21.3 Å². The number of Topliss-reactive ketones (excluding diaryl/α,β-unsaturated/α-hetero) is 1. The first-order valence-corrected chi connectivity index (χ1v) is 20.2. The van der Waals surface area contributed by atoms with Crippen LogP contribution in [0.4, 0.5) is 13.6 Å². The lowest BCUT2D eigenvalue weighted by atomic mass is 9.83. The summed E-state index contributed by atoms with van der Waals surface area (Å²) in [5.41, 5.74) is -0.790. The van der Waals surface area contributed by atoms with E-state index in [1.165, 1.54) is 0 Å². The Morgan fingerprint density at radius 1 is 0.867 bits per heavy atom. The average Bonchev–Trinajstić information content (AvgIpc) is 2.91. The van der Waals surface area contributed by atoms with Gasteiger partial charge in [-0.3, -0.25) is 19.2 Å². The molecule has 45 heavy (non-hydrogen) atoms. The molecule has 3 atom stereocenters. The van der Waals surface area contributed by atoms with Crippen molar-refractivity contribution >= 4 is 37.7 Å². The molecule has 0 aromatic heterocycles. The highest BCUT2D eigenvalue weighted by molar-refractivity contribution is 6.76. The Bertz CT molecular complexity index is 1010. The highest BCUT2D eigenvalue weighted by atomic mass is 28.3. The van der Waals surface area contributed by atoms with Crippen LogP contribution in [0.5, 0.6) is 0 Å². The Morgan fingerprint density at radius 2 is 1.42 bits per heavy atom. The predicted molar refractivity (Wildman–Crippen MR) is 174 cm³/mol. The second-order valence-electron chi connectivity index (χ2n) is 15.0. The smallest absolute Gasteiger partial charge is 0.408 e. The molecule has 0 aliphatic heterocycles. The van der Waals surface area contributed by atoms with Gasteiger partial charge in [-0.15, -0.1) is 0 Å². The van der Waals surface area contributed by atoms with Crippen molar-refractivity contribution in [2.45, 2.75) is 155 Å². The van der Waals surface area contributed by atoms with Gasteiger partial charge in [0.1, 0.15) is 17.7 Å². The maximum Gasteiger partial charge on any atom is 0.408 e. The summed E-state index contributed by atoms with van der Waals surface area (Å²) < 4.78 is 35.8.